The van der Waals surface area contributed by atoms with Gasteiger partial charge in [-0.1, -0.05) is 6.92 Å². The first kappa shape index (κ1) is 12.4. The van der Waals surface area contributed by atoms with Gasteiger partial charge in [0.15, 0.2) is 0 Å². The summed E-state index contributed by atoms with van der Waals surface area (Å²) in [5, 5.41) is 0. The first-order chi connectivity index (χ1) is 9.24. The number of nitrogen functional groups attached to an aromatic ring is 1. The van der Waals surface area contributed by atoms with Crippen LogP contribution in [0.3, 0.4) is 0 Å². The van der Waals surface area contributed by atoms with E-state index in [4.69, 9.17) is 15.2 Å². The molecule has 1 aromatic rings. The first-order valence-electron chi connectivity index (χ1n) is 6.79. The second-order valence-corrected chi connectivity index (χ2v) is 4.99. The van der Waals surface area contributed by atoms with Gasteiger partial charge in [0.05, 0.1) is 18.8 Å². The summed E-state index contributed by atoms with van der Waals surface area (Å²) in [5.41, 5.74) is 5.72. The van der Waals surface area contributed by atoms with Gasteiger partial charge < -0.3 is 20.1 Å². The third kappa shape index (κ3) is 2.70. The molecule has 19 heavy (non-hydrogen) atoms. The molecule has 3 rings (SSSR count). The molecule has 2 aliphatic heterocycles. The number of morpholine rings is 1. The molecule has 7 heteroatoms. The molecule has 2 fully saturated rings. The molecule has 2 aliphatic rings. The lowest BCUT2D eigenvalue weighted by Crippen LogP contribution is -2.43. The molecule has 2 N–H and O–H groups in total. The van der Waals surface area contributed by atoms with E-state index in [2.05, 4.69) is 19.9 Å². The third-order valence-electron chi connectivity index (χ3n) is 3.38. The van der Waals surface area contributed by atoms with Crippen molar-refractivity contribution in [1.82, 2.24) is 15.0 Å². The summed E-state index contributed by atoms with van der Waals surface area (Å²) in [6.07, 6.45) is 3.71. The molecule has 0 saturated carbocycles. The fourth-order valence-electron chi connectivity index (χ4n) is 2.54. The van der Waals surface area contributed by atoms with Gasteiger partial charge in [0.25, 0.3) is 0 Å². The molecular formula is C12H19N5O2. The highest BCUT2D eigenvalue weighted by molar-refractivity contribution is 5.37. The molecule has 3 heterocycles. The number of hydrogen-bond acceptors (Lipinski definition) is 7. The molecule has 0 amide bonds. The molecule has 0 aromatic carbocycles. The van der Waals surface area contributed by atoms with Crippen molar-refractivity contribution in [1.29, 1.82) is 0 Å². The molecule has 0 spiro atoms. The Hall–Kier alpha value is -1.63. The lowest BCUT2D eigenvalue weighted by Gasteiger charge is -2.32. The number of hydrogen-bond donors (Lipinski definition) is 1. The van der Waals surface area contributed by atoms with Crippen molar-refractivity contribution in [3.63, 3.8) is 0 Å². The fourth-order valence-corrected chi connectivity index (χ4v) is 2.54. The number of anilines is 2. The molecular weight excluding hydrogens is 246 g/mol. The number of nitrogens with two attached hydrogens (primary N) is 1. The summed E-state index contributed by atoms with van der Waals surface area (Å²) in [6.45, 7) is 4.24. The SMILES string of the molecule is CCCOc1nc(N)nc(N2CC3CCC(C2)O3)n1. The van der Waals surface area contributed by atoms with Crippen LogP contribution in [0.25, 0.3) is 0 Å². The Bertz CT molecular complexity index is 444. The molecule has 0 radical (unpaired) electrons. The molecule has 2 bridgehead atoms. The van der Waals surface area contributed by atoms with Crippen molar-refractivity contribution in [3.05, 3.63) is 0 Å². The third-order valence-corrected chi connectivity index (χ3v) is 3.38. The summed E-state index contributed by atoms with van der Waals surface area (Å²) in [7, 11) is 0. The van der Waals surface area contributed by atoms with E-state index < -0.39 is 0 Å². The van der Waals surface area contributed by atoms with Crippen LogP contribution in [0.5, 0.6) is 6.01 Å². The average molecular weight is 265 g/mol. The Morgan fingerprint density at radius 1 is 1.26 bits per heavy atom. The molecule has 2 atom stereocenters. The van der Waals surface area contributed by atoms with Gasteiger partial charge >= 0.3 is 6.01 Å². The minimum absolute atomic E-state index is 0.204. The fraction of sp³-hybridized carbons (Fsp3) is 0.750. The maximum absolute atomic E-state index is 5.80. The Morgan fingerprint density at radius 3 is 2.68 bits per heavy atom. The highest BCUT2D eigenvalue weighted by atomic mass is 16.5. The predicted molar refractivity (Wildman–Crippen MR) is 70.1 cm³/mol. The normalized spacial score (nSPS) is 25.6. The van der Waals surface area contributed by atoms with E-state index in [1.807, 2.05) is 6.92 Å². The Morgan fingerprint density at radius 2 is 2.00 bits per heavy atom. The number of ether oxygens (including phenoxy) is 2. The van der Waals surface area contributed by atoms with Crippen LogP contribution in [0.2, 0.25) is 0 Å². The number of nitrogens with zero attached hydrogens (tertiary/aromatic N) is 4. The average Bonchev–Trinajstić information content (AvgIpc) is 2.74. The van der Waals surface area contributed by atoms with Crippen LogP contribution in [-0.4, -0.2) is 46.9 Å². The molecule has 0 aliphatic carbocycles. The lowest BCUT2D eigenvalue weighted by molar-refractivity contribution is 0.0298. The van der Waals surface area contributed by atoms with Gasteiger partial charge in [-0.2, -0.15) is 15.0 Å². The van der Waals surface area contributed by atoms with Crippen molar-refractivity contribution < 1.29 is 9.47 Å². The number of aromatic nitrogens is 3. The van der Waals surface area contributed by atoms with Gasteiger partial charge in [-0.3, -0.25) is 0 Å². The van der Waals surface area contributed by atoms with E-state index in [0.717, 1.165) is 32.4 Å². The van der Waals surface area contributed by atoms with Crippen LogP contribution in [0.4, 0.5) is 11.9 Å². The van der Waals surface area contributed by atoms with Crippen molar-refractivity contribution in [2.24, 2.45) is 0 Å². The summed E-state index contributed by atoms with van der Waals surface area (Å²) in [6, 6.07) is 0.309. The Labute approximate surface area is 112 Å². The summed E-state index contributed by atoms with van der Waals surface area (Å²) >= 11 is 0. The van der Waals surface area contributed by atoms with Gasteiger partial charge in [-0.25, -0.2) is 0 Å². The van der Waals surface area contributed by atoms with Crippen molar-refractivity contribution >= 4 is 11.9 Å². The zero-order valence-corrected chi connectivity index (χ0v) is 11.1. The smallest absolute Gasteiger partial charge is 0.323 e. The van der Waals surface area contributed by atoms with E-state index in [0.29, 0.717) is 18.6 Å². The highest BCUT2D eigenvalue weighted by Gasteiger charge is 2.35. The quantitative estimate of drug-likeness (QED) is 0.853. The largest absolute Gasteiger partial charge is 0.463 e. The van der Waals surface area contributed by atoms with Crippen molar-refractivity contribution in [2.75, 3.05) is 30.3 Å². The van der Waals surface area contributed by atoms with Crippen LogP contribution in [0.15, 0.2) is 0 Å². The van der Waals surface area contributed by atoms with Crippen LogP contribution >= 0.6 is 0 Å². The molecule has 1 aromatic heterocycles. The van der Waals surface area contributed by atoms with E-state index in [-0.39, 0.29) is 18.2 Å². The minimum atomic E-state index is 0.204. The maximum Gasteiger partial charge on any atom is 0.323 e. The molecule has 104 valence electrons. The van der Waals surface area contributed by atoms with Gasteiger partial charge in [0.2, 0.25) is 11.9 Å². The summed E-state index contributed by atoms with van der Waals surface area (Å²) in [5.74, 6) is 0.800. The Balaban J connectivity index is 1.77. The van der Waals surface area contributed by atoms with Crippen molar-refractivity contribution in [2.45, 2.75) is 38.4 Å². The standard InChI is InChI=1S/C12H19N5O2/c1-2-5-18-12-15-10(13)14-11(16-12)17-6-8-3-4-9(7-17)19-8/h8-9H,2-7H2,1H3,(H2,13,14,15,16). The maximum atomic E-state index is 5.80. The van der Waals surface area contributed by atoms with Crippen molar-refractivity contribution in [3.8, 4) is 6.01 Å². The van der Waals surface area contributed by atoms with E-state index in [1.54, 1.807) is 0 Å². The van der Waals surface area contributed by atoms with Gasteiger partial charge in [-0.15, -0.1) is 0 Å². The number of fused-ring (bicyclic) bond motifs is 2. The van der Waals surface area contributed by atoms with Gasteiger partial charge in [-0.05, 0) is 19.3 Å². The second kappa shape index (κ2) is 5.16. The lowest BCUT2D eigenvalue weighted by atomic mass is 10.2. The van der Waals surface area contributed by atoms with Crippen LogP contribution in [0.1, 0.15) is 26.2 Å². The summed E-state index contributed by atoms with van der Waals surface area (Å²) in [4.78, 5) is 14.7. The van der Waals surface area contributed by atoms with E-state index in [9.17, 15) is 0 Å². The van der Waals surface area contributed by atoms with Gasteiger partial charge in [0, 0.05) is 13.1 Å². The van der Waals surface area contributed by atoms with E-state index >= 15 is 0 Å². The van der Waals surface area contributed by atoms with Crippen LogP contribution < -0.4 is 15.4 Å². The van der Waals surface area contributed by atoms with Crippen LogP contribution in [0, 0.1) is 0 Å². The molecule has 7 nitrogen and oxygen atoms in total. The minimum Gasteiger partial charge on any atom is -0.463 e. The van der Waals surface area contributed by atoms with Crippen LogP contribution in [-0.2, 0) is 4.74 Å². The van der Waals surface area contributed by atoms with Gasteiger partial charge in [0.1, 0.15) is 0 Å². The monoisotopic (exact) mass is 265 g/mol. The number of rotatable bonds is 4. The first-order valence-corrected chi connectivity index (χ1v) is 6.79. The second-order valence-electron chi connectivity index (χ2n) is 4.99. The molecule has 2 saturated heterocycles. The molecule has 2 unspecified atom stereocenters. The Kier molecular flexibility index (Phi) is 3.37. The highest BCUT2D eigenvalue weighted by Crippen LogP contribution is 2.28. The topological polar surface area (TPSA) is 86.4 Å². The van der Waals surface area contributed by atoms with E-state index in [1.165, 1.54) is 0 Å². The zero-order chi connectivity index (χ0) is 13.2. The summed E-state index contributed by atoms with van der Waals surface area (Å²) < 4.78 is 11.2. The zero-order valence-electron chi connectivity index (χ0n) is 11.1. The predicted octanol–water partition coefficient (Wildman–Crippen LogP) is 0.610.